The van der Waals surface area contributed by atoms with Gasteiger partial charge in [-0.1, -0.05) is 6.92 Å². The summed E-state index contributed by atoms with van der Waals surface area (Å²) < 4.78 is 13.6. The molecule has 1 aliphatic carbocycles. The molecule has 0 amide bonds. The van der Waals surface area contributed by atoms with E-state index in [0.717, 1.165) is 36.6 Å². The van der Waals surface area contributed by atoms with Gasteiger partial charge in [0.25, 0.3) is 0 Å². The molecule has 22 heavy (non-hydrogen) atoms. The summed E-state index contributed by atoms with van der Waals surface area (Å²) in [6.07, 6.45) is 6.10. The molecule has 1 aromatic carbocycles. The molecule has 1 fully saturated rings. The van der Waals surface area contributed by atoms with Crippen molar-refractivity contribution >= 4 is 16.7 Å². The number of Topliss-reactive ketones (excluding diaryl/α,β-unsaturated/α-hetero) is 1. The highest BCUT2D eigenvalue weighted by Crippen LogP contribution is 2.40. The van der Waals surface area contributed by atoms with Crippen LogP contribution < -0.4 is 0 Å². The number of halogens is 1. The number of ketones is 1. The van der Waals surface area contributed by atoms with Crippen molar-refractivity contribution in [2.45, 2.75) is 45.4 Å². The third-order valence-corrected chi connectivity index (χ3v) is 5.30. The van der Waals surface area contributed by atoms with Crippen molar-refractivity contribution in [3.63, 3.8) is 0 Å². The van der Waals surface area contributed by atoms with Crippen LogP contribution in [0.15, 0.2) is 30.5 Å². The molecule has 1 unspecified atom stereocenters. The van der Waals surface area contributed by atoms with Gasteiger partial charge in [0.15, 0.2) is 0 Å². The van der Waals surface area contributed by atoms with E-state index in [4.69, 9.17) is 0 Å². The van der Waals surface area contributed by atoms with Gasteiger partial charge in [0.1, 0.15) is 11.6 Å². The predicted molar refractivity (Wildman–Crippen MR) is 86.2 cm³/mol. The number of rotatable bonds is 3. The molecule has 1 atom stereocenters. The molecule has 2 nitrogen and oxygen atoms in total. The Balaban J connectivity index is 1.82. The summed E-state index contributed by atoms with van der Waals surface area (Å²) in [4.78, 5) is 15.9. The van der Waals surface area contributed by atoms with Gasteiger partial charge in [-0.15, -0.1) is 0 Å². The first kappa shape index (κ1) is 15.1. The maximum atomic E-state index is 13.6. The van der Waals surface area contributed by atoms with Gasteiger partial charge in [-0.3, -0.25) is 9.78 Å². The molecular formula is C19H22FNO. The van der Waals surface area contributed by atoms with E-state index in [9.17, 15) is 9.18 Å². The van der Waals surface area contributed by atoms with Gasteiger partial charge >= 0.3 is 0 Å². The molecule has 0 spiro atoms. The summed E-state index contributed by atoms with van der Waals surface area (Å²) in [5, 5.41) is 0.936. The second-order valence-electron chi connectivity index (χ2n) is 6.57. The Morgan fingerprint density at radius 2 is 1.95 bits per heavy atom. The van der Waals surface area contributed by atoms with Crippen molar-refractivity contribution in [2.24, 2.45) is 11.8 Å². The molecule has 0 N–H and O–H groups in total. The first-order valence-electron chi connectivity index (χ1n) is 8.11. The fourth-order valence-electron chi connectivity index (χ4n) is 3.76. The van der Waals surface area contributed by atoms with Crippen molar-refractivity contribution in [1.82, 2.24) is 4.98 Å². The zero-order valence-electron chi connectivity index (χ0n) is 13.2. The molecule has 2 aromatic rings. The fraction of sp³-hybridized carbons (Fsp3) is 0.474. The standard InChI is InChI=1S/C19H22FNO/c1-12(13(2)22)14-3-5-15(6-4-14)17-9-10-21-19-8-7-16(20)11-18(17)19/h7-12,14-15H,3-6H2,1-2H3. The molecule has 1 aliphatic rings. The maximum absolute atomic E-state index is 13.6. The molecule has 0 radical (unpaired) electrons. The van der Waals surface area contributed by atoms with Crippen molar-refractivity contribution in [1.29, 1.82) is 0 Å². The minimum absolute atomic E-state index is 0.160. The van der Waals surface area contributed by atoms with Crippen LogP contribution in [0.2, 0.25) is 0 Å². The van der Waals surface area contributed by atoms with Crippen molar-refractivity contribution in [2.75, 3.05) is 0 Å². The lowest BCUT2D eigenvalue weighted by atomic mass is 9.73. The molecule has 0 saturated heterocycles. The normalized spacial score (nSPS) is 23.4. The van der Waals surface area contributed by atoms with Gasteiger partial charge in [0.2, 0.25) is 0 Å². The number of aromatic nitrogens is 1. The number of fused-ring (bicyclic) bond motifs is 1. The van der Waals surface area contributed by atoms with E-state index < -0.39 is 0 Å². The van der Waals surface area contributed by atoms with Crippen molar-refractivity contribution < 1.29 is 9.18 Å². The first-order valence-corrected chi connectivity index (χ1v) is 8.11. The fourth-order valence-corrected chi connectivity index (χ4v) is 3.76. The summed E-state index contributed by atoms with van der Waals surface area (Å²) in [5.74, 6) is 1.19. The average Bonchev–Trinajstić information content (AvgIpc) is 2.53. The zero-order chi connectivity index (χ0) is 15.7. The lowest BCUT2D eigenvalue weighted by molar-refractivity contribution is -0.122. The number of pyridine rings is 1. The van der Waals surface area contributed by atoms with Crippen LogP contribution in [0, 0.1) is 17.7 Å². The quantitative estimate of drug-likeness (QED) is 0.809. The van der Waals surface area contributed by atoms with Crippen LogP contribution in [-0.4, -0.2) is 10.8 Å². The zero-order valence-corrected chi connectivity index (χ0v) is 13.2. The molecule has 1 heterocycles. The van der Waals surface area contributed by atoms with Gasteiger partial charge in [0.05, 0.1) is 5.52 Å². The minimum Gasteiger partial charge on any atom is -0.300 e. The highest BCUT2D eigenvalue weighted by molar-refractivity contribution is 5.82. The summed E-state index contributed by atoms with van der Waals surface area (Å²) >= 11 is 0. The van der Waals surface area contributed by atoms with Crippen LogP contribution in [0.5, 0.6) is 0 Å². The summed E-state index contributed by atoms with van der Waals surface area (Å²) in [5.41, 5.74) is 2.07. The Labute approximate surface area is 130 Å². The number of carbonyl (C=O) groups is 1. The highest BCUT2D eigenvalue weighted by Gasteiger charge is 2.28. The monoisotopic (exact) mass is 299 g/mol. The molecule has 116 valence electrons. The number of nitrogens with zero attached hydrogens (tertiary/aromatic N) is 1. The summed E-state index contributed by atoms with van der Waals surface area (Å²) in [6.45, 7) is 3.74. The summed E-state index contributed by atoms with van der Waals surface area (Å²) in [6, 6.07) is 6.84. The van der Waals surface area contributed by atoms with Gasteiger partial charge in [0, 0.05) is 17.5 Å². The lowest BCUT2D eigenvalue weighted by Gasteiger charge is -2.32. The Bertz CT molecular complexity index is 689. The van der Waals surface area contributed by atoms with Gasteiger partial charge in [-0.2, -0.15) is 0 Å². The number of benzene rings is 1. The second-order valence-corrected chi connectivity index (χ2v) is 6.57. The predicted octanol–water partition coefficient (Wildman–Crippen LogP) is 4.87. The molecule has 1 saturated carbocycles. The summed E-state index contributed by atoms with van der Waals surface area (Å²) in [7, 11) is 0. The first-order chi connectivity index (χ1) is 10.6. The Hall–Kier alpha value is -1.77. The van der Waals surface area contributed by atoms with Gasteiger partial charge in [-0.05, 0) is 74.3 Å². The van der Waals surface area contributed by atoms with E-state index >= 15 is 0 Å². The Kier molecular flexibility index (Phi) is 4.23. The van der Waals surface area contributed by atoms with E-state index in [-0.39, 0.29) is 11.7 Å². The maximum Gasteiger partial charge on any atom is 0.132 e. The van der Waals surface area contributed by atoms with Crippen LogP contribution >= 0.6 is 0 Å². The van der Waals surface area contributed by atoms with E-state index in [1.807, 2.05) is 19.2 Å². The Morgan fingerprint density at radius 3 is 2.64 bits per heavy atom. The van der Waals surface area contributed by atoms with Crippen LogP contribution in [0.1, 0.15) is 51.0 Å². The molecule has 3 heteroatoms. The van der Waals surface area contributed by atoms with E-state index in [2.05, 4.69) is 4.98 Å². The van der Waals surface area contributed by atoms with Crippen molar-refractivity contribution in [3.8, 4) is 0 Å². The second kappa shape index (κ2) is 6.15. The molecule has 0 aliphatic heterocycles. The number of hydrogen-bond acceptors (Lipinski definition) is 2. The van der Waals surface area contributed by atoms with Gasteiger partial charge in [-0.25, -0.2) is 4.39 Å². The van der Waals surface area contributed by atoms with Crippen LogP contribution in [0.25, 0.3) is 10.9 Å². The lowest BCUT2D eigenvalue weighted by Crippen LogP contribution is -2.23. The van der Waals surface area contributed by atoms with E-state index in [1.165, 1.54) is 11.6 Å². The highest BCUT2D eigenvalue weighted by atomic mass is 19.1. The number of hydrogen-bond donors (Lipinski definition) is 0. The molecular weight excluding hydrogens is 277 g/mol. The average molecular weight is 299 g/mol. The molecule has 3 rings (SSSR count). The SMILES string of the molecule is CC(=O)C(C)C1CCC(c2ccnc3ccc(F)cc23)CC1. The third kappa shape index (κ3) is 2.90. The topological polar surface area (TPSA) is 30.0 Å². The molecule has 1 aromatic heterocycles. The van der Waals surface area contributed by atoms with Gasteiger partial charge < -0.3 is 0 Å². The van der Waals surface area contributed by atoms with E-state index in [0.29, 0.717) is 17.6 Å². The molecule has 0 bridgehead atoms. The largest absolute Gasteiger partial charge is 0.300 e. The minimum atomic E-state index is -0.208. The Morgan fingerprint density at radius 1 is 1.23 bits per heavy atom. The number of carbonyl (C=O) groups excluding carboxylic acids is 1. The van der Waals surface area contributed by atoms with Crippen LogP contribution in [-0.2, 0) is 4.79 Å². The third-order valence-electron chi connectivity index (χ3n) is 5.30. The van der Waals surface area contributed by atoms with Crippen molar-refractivity contribution in [3.05, 3.63) is 41.8 Å². The van der Waals surface area contributed by atoms with Crippen LogP contribution in [0.4, 0.5) is 4.39 Å². The van der Waals surface area contributed by atoms with Crippen LogP contribution in [0.3, 0.4) is 0 Å². The smallest absolute Gasteiger partial charge is 0.132 e. The van der Waals surface area contributed by atoms with E-state index in [1.54, 1.807) is 19.1 Å².